The van der Waals surface area contributed by atoms with Crippen LogP contribution in [0.2, 0.25) is 0 Å². The molecule has 0 radical (unpaired) electrons. The molecule has 5 nitrogen and oxygen atoms in total. The third-order valence-electron chi connectivity index (χ3n) is 3.87. The van der Waals surface area contributed by atoms with Crippen molar-refractivity contribution in [2.75, 3.05) is 7.05 Å². The molecule has 1 saturated carbocycles. The van der Waals surface area contributed by atoms with Gasteiger partial charge in [0.05, 0.1) is 0 Å². The first-order chi connectivity index (χ1) is 9.09. The molecule has 0 saturated heterocycles. The van der Waals surface area contributed by atoms with Crippen molar-refractivity contribution in [3.63, 3.8) is 0 Å². The van der Waals surface area contributed by atoms with E-state index < -0.39 is 5.97 Å². The summed E-state index contributed by atoms with van der Waals surface area (Å²) >= 11 is 0. The molecule has 104 valence electrons. The molecule has 0 spiro atoms. The lowest BCUT2D eigenvalue weighted by Gasteiger charge is -2.31. The predicted octanol–water partition coefficient (Wildman–Crippen LogP) is 1.98. The van der Waals surface area contributed by atoms with E-state index in [0.717, 1.165) is 12.8 Å². The van der Waals surface area contributed by atoms with Crippen molar-refractivity contribution in [2.45, 2.75) is 44.7 Å². The van der Waals surface area contributed by atoms with Crippen LogP contribution in [0.15, 0.2) is 18.3 Å². The van der Waals surface area contributed by atoms with Crippen LogP contribution < -0.4 is 0 Å². The molecular formula is C14H20N2O3. The van der Waals surface area contributed by atoms with E-state index in [-0.39, 0.29) is 18.1 Å². The van der Waals surface area contributed by atoms with E-state index >= 15 is 0 Å². The fraction of sp³-hybridized carbons (Fsp3) is 0.571. The summed E-state index contributed by atoms with van der Waals surface area (Å²) in [5, 5.41) is 9.01. The number of amides is 1. The maximum absolute atomic E-state index is 12.2. The van der Waals surface area contributed by atoms with Gasteiger partial charge < -0.3 is 14.6 Å². The molecule has 1 aromatic rings. The summed E-state index contributed by atoms with van der Waals surface area (Å²) in [6.45, 7) is 0.0988. The lowest BCUT2D eigenvalue weighted by molar-refractivity contribution is -0.133. The predicted molar refractivity (Wildman–Crippen MR) is 71.0 cm³/mol. The highest BCUT2D eigenvalue weighted by Gasteiger charge is 2.22. The van der Waals surface area contributed by atoms with E-state index in [0.29, 0.717) is 6.04 Å². The van der Waals surface area contributed by atoms with E-state index in [9.17, 15) is 9.59 Å². The molecule has 1 aromatic heterocycles. The summed E-state index contributed by atoms with van der Waals surface area (Å²) in [6, 6.07) is 3.47. The van der Waals surface area contributed by atoms with Gasteiger partial charge >= 0.3 is 5.97 Å². The largest absolute Gasteiger partial charge is 0.477 e. The quantitative estimate of drug-likeness (QED) is 0.904. The van der Waals surface area contributed by atoms with Crippen molar-refractivity contribution < 1.29 is 14.7 Å². The highest BCUT2D eigenvalue weighted by atomic mass is 16.4. The number of likely N-dealkylation sites (N-methyl/N-ethyl adjacent to an activating group) is 1. The van der Waals surface area contributed by atoms with Crippen LogP contribution in [0.25, 0.3) is 0 Å². The third-order valence-corrected chi connectivity index (χ3v) is 3.87. The highest BCUT2D eigenvalue weighted by Crippen LogP contribution is 2.21. The van der Waals surface area contributed by atoms with Crippen molar-refractivity contribution >= 4 is 11.9 Å². The zero-order valence-corrected chi connectivity index (χ0v) is 11.2. The van der Waals surface area contributed by atoms with Gasteiger partial charge in [0.15, 0.2) is 0 Å². The molecule has 5 heteroatoms. The van der Waals surface area contributed by atoms with Crippen molar-refractivity contribution in [1.82, 2.24) is 9.47 Å². The molecule has 0 atom stereocenters. The van der Waals surface area contributed by atoms with E-state index in [2.05, 4.69) is 0 Å². The first kappa shape index (κ1) is 13.6. The molecule has 1 heterocycles. The first-order valence-electron chi connectivity index (χ1n) is 6.73. The number of hydrogen-bond acceptors (Lipinski definition) is 2. The molecule has 19 heavy (non-hydrogen) atoms. The molecule has 0 aliphatic heterocycles. The van der Waals surface area contributed by atoms with Gasteiger partial charge in [0.25, 0.3) is 0 Å². The van der Waals surface area contributed by atoms with E-state index in [1.54, 1.807) is 17.2 Å². The van der Waals surface area contributed by atoms with E-state index in [1.165, 1.54) is 29.9 Å². The summed E-state index contributed by atoms with van der Waals surface area (Å²) in [5.74, 6) is -1.02. The Hall–Kier alpha value is -1.78. The molecule has 1 aliphatic rings. The fourth-order valence-electron chi connectivity index (χ4n) is 2.68. The monoisotopic (exact) mass is 264 g/mol. The number of carboxylic acid groups (broad SMARTS) is 1. The summed E-state index contributed by atoms with van der Waals surface area (Å²) in [5.41, 5.74) is 0.158. The summed E-state index contributed by atoms with van der Waals surface area (Å²) in [6.07, 6.45) is 7.34. The molecular weight excluding hydrogens is 244 g/mol. The fourth-order valence-corrected chi connectivity index (χ4v) is 2.68. The Balaban J connectivity index is 1.99. The molecule has 1 N–H and O–H groups in total. The van der Waals surface area contributed by atoms with Crippen molar-refractivity contribution in [1.29, 1.82) is 0 Å². The van der Waals surface area contributed by atoms with Crippen LogP contribution in [0, 0.1) is 0 Å². The van der Waals surface area contributed by atoms with Gasteiger partial charge in [-0.05, 0) is 25.0 Å². The summed E-state index contributed by atoms with van der Waals surface area (Å²) in [7, 11) is 1.82. The second kappa shape index (κ2) is 5.91. The lowest BCUT2D eigenvalue weighted by atomic mass is 9.94. The highest BCUT2D eigenvalue weighted by molar-refractivity contribution is 5.86. The third kappa shape index (κ3) is 3.16. The molecule has 0 unspecified atom stereocenters. The van der Waals surface area contributed by atoms with Crippen molar-refractivity contribution in [3.05, 3.63) is 24.0 Å². The van der Waals surface area contributed by atoms with Gasteiger partial charge in [-0.1, -0.05) is 19.3 Å². The second-order valence-corrected chi connectivity index (χ2v) is 5.12. The zero-order chi connectivity index (χ0) is 13.8. The number of carboxylic acids is 1. The van der Waals surface area contributed by atoms with Crippen LogP contribution in [0.1, 0.15) is 42.6 Å². The maximum atomic E-state index is 12.2. The minimum Gasteiger partial charge on any atom is -0.477 e. The number of carbonyl (C=O) groups is 2. The van der Waals surface area contributed by atoms with Gasteiger partial charge in [-0.15, -0.1) is 0 Å². The molecule has 1 amide bonds. The van der Waals surface area contributed by atoms with Gasteiger partial charge in [-0.2, -0.15) is 0 Å². The van der Waals surface area contributed by atoms with Crippen LogP contribution >= 0.6 is 0 Å². The Morgan fingerprint density at radius 3 is 2.68 bits per heavy atom. The Morgan fingerprint density at radius 1 is 1.37 bits per heavy atom. The number of aromatic nitrogens is 1. The van der Waals surface area contributed by atoms with Gasteiger partial charge in [-0.3, -0.25) is 4.79 Å². The number of aromatic carboxylic acids is 1. The van der Waals surface area contributed by atoms with Crippen LogP contribution in [0.4, 0.5) is 0 Å². The van der Waals surface area contributed by atoms with Crippen LogP contribution in [-0.4, -0.2) is 39.5 Å². The number of rotatable bonds is 4. The lowest BCUT2D eigenvalue weighted by Crippen LogP contribution is -2.40. The average molecular weight is 264 g/mol. The number of hydrogen-bond donors (Lipinski definition) is 1. The number of carbonyl (C=O) groups excluding carboxylic acids is 1. The Labute approximate surface area is 112 Å². The normalized spacial score (nSPS) is 16.3. The van der Waals surface area contributed by atoms with Crippen LogP contribution in [-0.2, 0) is 11.3 Å². The van der Waals surface area contributed by atoms with E-state index in [1.807, 2.05) is 7.05 Å². The maximum Gasteiger partial charge on any atom is 0.352 e. The van der Waals surface area contributed by atoms with Gasteiger partial charge in [-0.25, -0.2) is 4.79 Å². The minimum atomic E-state index is -1.00. The summed E-state index contributed by atoms with van der Waals surface area (Å²) < 4.78 is 1.49. The van der Waals surface area contributed by atoms with Crippen LogP contribution in [0.3, 0.4) is 0 Å². The molecule has 1 fully saturated rings. The summed E-state index contributed by atoms with van der Waals surface area (Å²) in [4.78, 5) is 25.0. The van der Waals surface area contributed by atoms with Crippen molar-refractivity contribution in [3.8, 4) is 0 Å². The van der Waals surface area contributed by atoms with Gasteiger partial charge in [0.2, 0.25) is 5.91 Å². The minimum absolute atomic E-state index is 0.0226. The standard InChI is InChI=1S/C14H20N2O3/c1-15(11-6-3-2-4-7-11)13(17)10-16-9-5-8-12(16)14(18)19/h5,8-9,11H,2-4,6-7,10H2,1H3,(H,18,19). The number of nitrogens with zero attached hydrogens (tertiary/aromatic N) is 2. The molecule has 2 rings (SSSR count). The Kier molecular flexibility index (Phi) is 4.24. The Morgan fingerprint density at radius 2 is 2.05 bits per heavy atom. The molecule has 1 aliphatic carbocycles. The average Bonchev–Trinajstić information content (AvgIpc) is 2.87. The van der Waals surface area contributed by atoms with E-state index in [4.69, 9.17) is 5.11 Å². The topological polar surface area (TPSA) is 62.5 Å². The SMILES string of the molecule is CN(C(=O)Cn1cccc1C(=O)O)C1CCCCC1. The molecule has 0 aromatic carbocycles. The second-order valence-electron chi connectivity index (χ2n) is 5.12. The van der Waals surface area contributed by atoms with Gasteiger partial charge in [0.1, 0.15) is 12.2 Å². The Bertz CT molecular complexity index is 461. The first-order valence-corrected chi connectivity index (χ1v) is 6.73. The zero-order valence-electron chi connectivity index (χ0n) is 11.2. The van der Waals surface area contributed by atoms with Crippen molar-refractivity contribution in [2.24, 2.45) is 0 Å². The smallest absolute Gasteiger partial charge is 0.352 e. The molecule has 0 bridgehead atoms. The van der Waals surface area contributed by atoms with Gasteiger partial charge in [0, 0.05) is 19.3 Å². The van der Waals surface area contributed by atoms with Crippen LogP contribution in [0.5, 0.6) is 0 Å².